The van der Waals surface area contributed by atoms with E-state index in [9.17, 15) is 4.79 Å². The molecule has 27 heavy (non-hydrogen) atoms. The number of amides is 1. The number of carbonyl (C=O) groups excluding carboxylic acids is 1. The van der Waals surface area contributed by atoms with Crippen molar-refractivity contribution in [3.63, 3.8) is 0 Å². The Balaban J connectivity index is 1.66. The largest absolute Gasteiger partial charge is 0.272 e. The monoisotopic (exact) mass is 358 g/mol. The highest BCUT2D eigenvalue weighted by molar-refractivity contribution is 5.90. The highest BCUT2D eigenvalue weighted by Gasteiger charge is 2.50. The summed E-state index contributed by atoms with van der Waals surface area (Å²) in [5, 5.41) is 13.1. The van der Waals surface area contributed by atoms with Crippen LogP contribution in [0.15, 0.2) is 58.7 Å². The average molecular weight is 358 g/mol. The molecule has 0 unspecified atom stereocenters. The number of carbonyl (C=O) groups is 1. The minimum atomic E-state index is -0.286. The van der Waals surface area contributed by atoms with Gasteiger partial charge in [0.1, 0.15) is 0 Å². The first kappa shape index (κ1) is 16.2. The van der Waals surface area contributed by atoms with Crippen LogP contribution in [0.3, 0.4) is 0 Å². The smallest absolute Gasteiger partial charge is 0.250 e. The molecular formula is C22H22N4O. The molecule has 0 bridgehead atoms. The predicted octanol–water partition coefficient (Wildman–Crippen LogP) is 4.07. The zero-order chi connectivity index (χ0) is 18.4. The maximum atomic E-state index is 13.5. The van der Waals surface area contributed by atoms with Crippen molar-refractivity contribution in [2.75, 3.05) is 0 Å². The number of hydrogen-bond donors (Lipinski definition) is 0. The van der Waals surface area contributed by atoms with Crippen molar-refractivity contribution in [3.05, 3.63) is 70.8 Å². The van der Waals surface area contributed by atoms with E-state index in [1.54, 1.807) is 11.2 Å². The van der Waals surface area contributed by atoms with E-state index in [0.29, 0.717) is 0 Å². The number of fused-ring (bicyclic) bond motifs is 7. The maximum absolute atomic E-state index is 13.5. The first-order valence-electron chi connectivity index (χ1n) is 9.67. The molecule has 0 aliphatic carbocycles. The molecule has 3 aliphatic rings. The zero-order valence-electron chi connectivity index (χ0n) is 15.3. The zero-order valence-corrected chi connectivity index (χ0v) is 15.3. The summed E-state index contributed by atoms with van der Waals surface area (Å²) in [5.41, 5.74) is 4.42. The van der Waals surface area contributed by atoms with Crippen molar-refractivity contribution >= 4 is 18.3 Å². The van der Waals surface area contributed by atoms with Crippen molar-refractivity contribution in [1.82, 2.24) is 10.0 Å². The standard InChI is InChI=1S/C22H22N4O/c1-2-3-10-19-20-17-11-6-4-8-15(17)13-23-25(20)21-18-12-7-5-9-16(18)14-24-26(21)22(19)27/h4-9,11-14,19-21H,2-3,10H2,1H3/t19-,20-,21-/m0/s1. The Morgan fingerprint density at radius 2 is 1.59 bits per heavy atom. The SMILES string of the molecule is CCCC[C@@H]1C(=O)N2N=Cc3ccccc3[C@H]2N2N=Cc3ccccc3[C@@H]12. The molecule has 3 heterocycles. The van der Waals surface area contributed by atoms with E-state index in [0.717, 1.165) is 36.0 Å². The van der Waals surface area contributed by atoms with Crippen LogP contribution >= 0.6 is 0 Å². The van der Waals surface area contributed by atoms with Gasteiger partial charge in [0.2, 0.25) is 0 Å². The fraction of sp³-hybridized carbons (Fsp3) is 0.318. The van der Waals surface area contributed by atoms with Crippen LogP contribution < -0.4 is 0 Å². The molecule has 3 atom stereocenters. The van der Waals surface area contributed by atoms with Gasteiger partial charge in [-0.05, 0) is 17.5 Å². The number of benzene rings is 2. The fourth-order valence-electron chi connectivity index (χ4n) is 4.48. The van der Waals surface area contributed by atoms with Crippen LogP contribution in [0.2, 0.25) is 0 Å². The van der Waals surface area contributed by atoms with Crippen molar-refractivity contribution in [3.8, 4) is 0 Å². The summed E-state index contributed by atoms with van der Waals surface area (Å²) in [5.74, 6) is -0.0328. The van der Waals surface area contributed by atoms with Crippen LogP contribution in [0, 0.1) is 5.92 Å². The van der Waals surface area contributed by atoms with Crippen LogP contribution in [0.5, 0.6) is 0 Å². The van der Waals surface area contributed by atoms with Gasteiger partial charge >= 0.3 is 0 Å². The third kappa shape index (κ3) is 2.41. The molecule has 5 heteroatoms. The van der Waals surface area contributed by atoms with Crippen molar-refractivity contribution < 1.29 is 4.79 Å². The molecule has 1 fully saturated rings. The number of nitrogens with zero attached hydrogens (tertiary/aromatic N) is 4. The Kier molecular flexibility index (Phi) is 3.81. The van der Waals surface area contributed by atoms with Gasteiger partial charge in [0.15, 0.2) is 6.17 Å². The number of hydrogen-bond acceptors (Lipinski definition) is 4. The van der Waals surface area contributed by atoms with E-state index in [-0.39, 0.29) is 24.0 Å². The summed E-state index contributed by atoms with van der Waals surface area (Å²) in [4.78, 5) is 13.5. The molecule has 2 aromatic carbocycles. The second kappa shape index (κ2) is 6.34. The molecule has 0 saturated carbocycles. The molecule has 1 saturated heterocycles. The molecule has 5 nitrogen and oxygen atoms in total. The first-order valence-corrected chi connectivity index (χ1v) is 9.67. The number of rotatable bonds is 3. The van der Waals surface area contributed by atoms with Crippen LogP contribution in [-0.4, -0.2) is 28.4 Å². The first-order chi connectivity index (χ1) is 13.3. The Labute approximate surface area is 159 Å². The van der Waals surface area contributed by atoms with Gasteiger partial charge < -0.3 is 0 Å². The van der Waals surface area contributed by atoms with Gasteiger partial charge in [0, 0.05) is 11.1 Å². The molecule has 0 aromatic heterocycles. The highest BCUT2D eigenvalue weighted by atomic mass is 16.2. The van der Waals surface area contributed by atoms with Gasteiger partial charge in [-0.1, -0.05) is 68.3 Å². The topological polar surface area (TPSA) is 48.3 Å². The van der Waals surface area contributed by atoms with E-state index in [1.807, 2.05) is 30.5 Å². The third-order valence-electron chi connectivity index (χ3n) is 5.80. The second-order valence-electron chi connectivity index (χ2n) is 7.38. The average Bonchev–Trinajstić information content (AvgIpc) is 2.72. The summed E-state index contributed by atoms with van der Waals surface area (Å²) in [7, 11) is 0. The molecule has 1 amide bonds. The quantitative estimate of drug-likeness (QED) is 0.830. The van der Waals surface area contributed by atoms with Crippen molar-refractivity contribution in [1.29, 1.82) is 0 Å². The van der Waals surface area contributed by atoms with E-state index in [4.69, 9.17) is 5.10 Å². The van der Waals surface area contributed by atoms with Crippen molar-refractivity contribution in [2.45, 2.75) is 38.4 Å². The van der Waals surface area contributed by atoms with Gasteiger partial charge in [-0.15, -0.1) is 0 Å². The van der Waals surface area contributed by atoms with Gasteiger partial charge in [-0.2, -0.15) is 10.2 Å². The molecule has 2 aromatic rings. The molecule has 0 spiro atoms. The van der Waals surface area contributed by atoms with E-state index in [1.165, 1.54) is 5.56 Å². The Morgan fingerprint density at radius 1 is 0.926 bits per heavy atom. The summed E-state index contributed by atoms with van der Waals surface area (Å²) < 4.78 is 0. The Bertz CT molecular complexity index is 951. The van der Waals surface area contributed by atoms with Crippen molar-refractivity contribution in [2.24, 2.45) is 16.1 Å². The lowest BCUT2D eigenvalue weighted by atomic mass is 9.81. The summed E-state index contributed by atoms with van der Waals surface area (Å²) in [6, 6.07) is 16.4. The van der Waals surface area contributed by atoms with Crippen LogP contribution in [0.25, 0.3) is 0 Å². The minimum Gasteiger partial charge on any atom is -0.272 e. The van der Waals surface area contributed by atoms with E-state index in [2.05, 4.69) is 41.3 Å². The summed E-state index contributed by atoms with van der Waals surface area (Å²) >= 11 is 0. The van der Waals surface area contributed by atoms with Gasteiger partial charge in [-0.25, -0.2) is 5.01 Å². The fourth-order valence-corrected chi connectivity index (χ4v) is 4.48. The lowest BCUT2D eigenvalue weighted by molar-refractivity contribution is -0.161. The predicted molar refractivity (Wildman–Crippen MR) is 105 cm³/mol. The van der Waals surface area contributed by atoms with Gasteiger partial charge in [0.25, 0.3) is 5.91 Å². The molecule has 0 radical (unpaired) electrons. The van der Waals surface area contributed by atoms with Gasteiger partial charge in [0.05, 0.1) is 24.4 Å². The Hall–Kier alpha value is -2.95. The molecular weight excluding hydrogens is 336 g/mol. The third-order valence-corrected chi connectivity index (χ3v) is 5.80. The molecule has 0 N–H and O–H groups in total. The lowest BCUT2D eigenvalue weighted by Gasteiger charge is -2.50. The molecule has 3 aliphatic heterocycles. The Morgan fingerprint density at radius 3 is 2.37 bits per heavy atom. The number of unbranched alkanes of at least 4 members (excludes halogenated alkanes) is 1. The molecule has 136 valence electrons. The minimum absolute atomic E-state index is 0.0483. The van der Waals surface area contributed by atoms with E-state index >= 15 is 0 Å². The van der Waals surface area contributed by atoms with Gasteiger partial charge in [-0.3, -0.25) is 9.80 Å². The highest BCUT2D eigenvalue weighted by Crippen LogP contribution is 2.48. The number of hydrazone groups is 2. The second-order valence-corrected chi connectivity index (χ2v) is 7.38. The van der Waals surface area contributed by atoms with Crippen LogP contribution in [0.4, 0.5) is 0 Å². The lowest BCUT2D eigenvalue weighted by Crippen LogP contribution is -2.55. The summed E-state index contributed by atoms with van der Waals surface area (Å²) in [6.45, 7) is 2.16. The molecule has 5 rings (SSSR count). The van der Waals surface area contributed by atoms with Crippen LogP contribution in [-0.2, 0) is 4.79 Å². The van der Waals surface area contributed by atoms with E-state index < -0.39 is 0 Å². The normalized spacial score (nSPS) is 24.9. The maximum Gasteiger partial charge on any atom is 0.250 e. The van der Waals surface area contributed by atoms with Crippen LogP contribution in [0.1, 0.15) is 60.6 Å². The summed E-state index contributed by atoms with van der Waals surface area (Å²) in [6.07, 6.45) is 6.36.